The summed E-state index contributed by atoms with van der Waals surface area (Å²) in [6.07, 6.45) is 1.41. The molecule has 1 fully saturated rings. The molecule has 2 aromatic carbocycles. The first-order chi connectivity index (χ1) is 11.0. The Morgan fingerprint density at radius 2 is 1.65 bits per heavy atom. The fourth-order valence-corrected chi connectivity index (χ4v) is 2.38. The molecule has 1 aliphatic heterocycles. The number of benzene rings is 2. The lowest BCUT2D eigenvalue weighted by atomic mass is 10.1. The summed E-state index contributed by atoms with van der Waals surface area (Å²) in [6.45, 7) is 3.82. The van der Waals surface area contributed by atoms with E-state index in [1.54, 1.807) is 24.3 Å². The number of amides is 2. The number of aryl methyl sites for hydroxylation is 2. The molecule has 2 N–H and O–H groups in total. The second-order valence-electron chi connectivity index (χ2n) is 5.54. The summed E-state index contributed by atoms with van der Waals surface area (Å²) in [5.74, 6) is -0.909. The molecule has 0 aromatic heterocycles. The molecule has 0 spiro atoms. The number of carbonyl (C=O) groups is 2. The second kappa shape index (κ2) is 5.61. The van der Waals surface area contributed by atoms with Crippen LogP contribution in [0.5, 0.6) is 5.75 Å². The van der Waals surface area contributed by atoms with E-state index in [-0.39, 0.29) is 11.3 Å². The summed E-state index contributed by atoms with van der Waals surface area (Å²) in [5.41, 5.74) is 5.55. The van der Waals surface area contributed by atoms with E-state index in [0.717, 1.165) is 11.1 Å². The Bertz CT molecular complexity index is 823. The van der Waals surface area contributed by atoms with Crippen molar-refractivity contribution in [3.8, 4) is 5.75 Å². The van der Waals surface area contributed by atoms with Gasteiger partial charge in [-0.15, -0.1) is 0 Å². The van der Waals surface area contributed by atoms with E-state index < -0.39 is 11.8 Å². The number of anilines is 1. The van der Waals surface area contributed by atoms with Crippen LogP contribution in [0.4, 0.5) is 5.69 Å². The van der Waals surface area contributed by atoms with Gasteiger partial charge in [0.25, 0.3) is 11.8 Å². The quantitative estimate of drug-likeness (QED) is 0.661. The fraction of sp³-hybridized carbons (Fsp3) is 0.111. The van der Waals surface area contributed by atoms with Gasteiger partial charge in [0.2, 0.25) is 0 Å². The molecule has 5 heteroatoms. The maximum atomic E-state index is 12.5. The lowest BCUT2D eigenvalue weighted by Gasteiger charge is -2.14. The molecule has 5 nitrogen and oxygen atoms in total. The van der Waals surface area contributed by atoms with Crippen molar-refractivity contribution in [2.75, 3.05) is 5.01 Å². The van der Waals surface area contributed by atoms with Crippen LogP contribution in [0.15, 0.2) is 48.0 Å². The van der Waals surface area contributed by atoms with Gasteiger partial charge in [0.1, 0.15) is 11.3 Å². The number of aromatic hydroxyl groups is 1. The van der Waals surface area contributed by atoms with Gasteiger partial charge < -0.3 is 5.11 Å². The largest absolute Gasteiger partial charge is 0.507 e. The van der Waals surface area contributed by atoms with Crippen LogP contribution in [0.3, 0.4) is 0 Å². The Labute approximate surface area is 133 Å². The van der Waals surface area contributed by atoms with Crippen LogP contribution in [0.2, 0.25) is 0 Å². The molecule has 2 aromatic rings. The Kier molecular flexibility index (Phi) is 3.62. The molecule has 0 saturated carbocycles. The highest BCUT2D eigenvalue weighted by Crippen LogP contribution is 2.25. The van der Waals surface area contributed by atoms with Gasteiger partial charge in [0.15, 0.2) is 0 Å². The number of phenolic OH excluding ortho intramolecular Hbond substituents is 1. The summed E-state index contributed by atoms with van der Waals surface area (Å²) in [5, 5.41) is 11.1. The van der Waals surface area contributed by atoms with E-state index >= 15 is 0 Å². The lowest BCUT2D eigenvalue weighted by molar-refractivity contribution is -0.117. The molecule has 0 aliphatic carbocycles. The van der Waals surface area contributed by atoms with Crippen LogP contribution < -0.4 is 10.4 Å². The van der Waals surface area contributed by atoms with Crippen molar-refractivity contribution in [2.45, 2.75) is 13.8 Å². The topological polar surface area (TPSA) is 69.6 Å². The minimum absolute atomic E-state index is 0.00789. The molecule has 0 bridgehead atoms. The Morgan fingerprint density at radius 1 is 1.00 bits per heavy atom. The number of nitrogens with zero attached hydrogens (tertiary/aromatic N) is 1. The zero-order valence-corrected chi connectivity index (χ0v) is 12.8. The Balaban J connectivity index is 1.97. The lowest BCUT2D eigenvalue weighted by Crippen LogP contribution is -2.35. The first kappa shape index (κ1) is 14.8. The highest BCUT2D eigenvalue weighted by molar-refractivity contribution is 6.31. The van der Waals surface area contributed by atoms with Crippen molar-refractivity contribution >= 4 is 23.6 Å². The van der Waals surface area contributed by atoms with E-state index in [1.807, 2.05) is 26.0 Å². The molecule has 23 heavy (non-hydrogen) atoms. The third-order valence-corrected chi connectivity index (χ3v) is 3.67. The first-order valence-corrected chi connectivity index (χ1v) is 7.19. The summed E-state index contributed by atoms with van der Waals surface area (Å²) >= 11 is 0. The summed E-state index contributed by atoms with van der Waals surface area (Å²) in [6, 6.07) is 12.3. The third kappa shape index (κ3) is 2.81. The van der Waals surface area contributed by atoms with Crippen LogP contribution in [0, 0.1) is 13.8 Å². The SMILES string of the molecule is Cc1ccc(N2NC(=O)/C(=C/c3cc(C)ccc3O)C2=O)cc1. The van der Waals surface area contributed by atoms with Crippen molar-refractivity contribution in [2.24, 2.45) is 0 Å². The monoisotopic (exact) mass is 308 g/mol. The average molecular weight is 308 g/mol. The van der Waals surface area contributed by atoms with Crippen LogP contribution in [0.25, 0.3) is 6.08 Å². The highest BCUT2D eigenvalue weighted by Gasteiger charge is 2.34. The van der Waals surface area contributed by atoms with E-state index in [9.17, 15) is 14.7 Å². The minimum Gasteiger partial charge on any atom is -0.507 e. The summed E-state index contributed by atoms with van der Waals surface area (Å²) in [4.78, 5) is 24.6. The molecule has 3 rings (SSSR count). The predicted molar refractivity (Wildman–Crippen MR) is 87.6 cm³/mol. The standard InChI is InChI=1S/C18H16N2O3/c1-11-3-6-14(7-4-11)20-18(23)15(17(22)19-20)10-13-9-12(2)5-8-16(13)21/h3-10,21H,1-2H3,(H,19,22)/b15-10-. The molecular formula is C18H16N2O3. The van der Waals surface area contributed by atoms with Gasteiger partial charge in [-0.1, -0.05) is 29.3 Å². The number of phenols is 1. The van der Waals surface area contributed by atoms with Crippen LogP contribution in [-0.4, -0.2) is 16.9 Å². The van der Waals surface area contributed by atoms with Crippen molar-refractivity contribution in [3.05, 3.63) is 64.7 Å². The molecule has 1 aliphatic rings. The van der Waals surface area contributed by atoms with Gasteiger partial charge in [-0.2, -0.15) is 0 Å². The minimum atomic E-state index is -0.489. The molecule has 0 unspecified atom stereocenters. The fourth-order valence-electron chi connectivity index (χ4n) is 2.38. The van der Waals surface area contributed by atoms with Gasteiger partial charge >= 0.3 is 0 Å². The second-order valence-corrected chi connectivity index (χ2v) is 5.54. The smallest absolute Gasteiger partial charge is 0.282 e. The molecule has 116 valence electrons. The predicted octanol–water partition coefficient (Wildman–Crippen LogP) is 2.47. The first-order valence-electron chi connectivity index (χ1n) is 7.19. The number of rotatable bonds is 2. The highest BCUT2D eigenvalue weighted by atomic mass is 16.3. The van der Waals surface area contributed by atoms with Crippen molar-refractivity contribution < 1.29 is 14.7 Å². The van der Waals surface area contributed by atoms with E-state index in [0.29, 0.717) is 11.3 Å². The van der Waals surface area contributed by atoms with Crippen molar-refractivity contribution in [1.29, 1.82) is 0 Å². The number of hydrogen-bond acceptors (Lipinski definition) is 3. The van der Waals surface area contributed by atoms with Crippen LogP contribution in [-0.2, 0) is 9.59 Å². The molecule has 1 saturated heterocycles. The van der Waals surface area contributed by atoms with Crippen molar-refractivity contribution in [1.82, 2.24) is 5.43 Å². The van der Waals surface area contributed by atoms with E-state index in [1.165, 1.54) is 17.2 Å². The molecule has 1 heterocycles. The zero-order valence-electron chi connectivity index (χ0n) is 12.8. The number of hydrazine groups is 1. The van der Waals surface area contributed by atoms with Gasteiger partial charge in [-0.05, 0) is 44.2 Å². The summed E-state index contributed by atoms with van der Waals surface area (Å²) in [7, 11) is 0. The maximum absolute atomic E-state index is 12.5. The third-order valence-electron chi connectivity index (χ3n) is 3.67. The number of carbonyl (C=O) groups excluding carboxylic acids is 2. The Hall–Kier alpha value is -3.08. The van der Waals surface area contributed by atoms with E-state index in [4.69, 9.17) is 0 Å². The maximum Gasteiger partial charge on any atom is 0.282 e. The van der Waals surface area contributed by atoms with Gasteiger partial charge in [-0.3, -0.25) is 15.0 Å². The number of hydrogen-bond donors (Lipinski definition) is 2. The molecule has 2 amide bonds. The Morgan fingerprint density at radius 3 is 2.35 bits per heavy atom. The number of nitrogens with one attached hydrogen (secondary N) is 1. The summed E-state index contributed by atoms with van der Waals surface area (Å²) < 4.78 is 0. The molecule has 0 atom stereocenters. The zero-order chi connectivity index (χ0) is 16.6. The normalized spacial score (nSPS) is 16.1. The van der Waals surface area contributed by atoms with Gasteiger partial charge in [0.05, 0.1) is 5.69 Å². The van der Waals surface area contributed by atoms with Crippen molar-refractivity contribution in [3.63, 3.8) is 0 Å². The van der Waals surface area contributed by atoms with Crippen LogP contribution in [0.1, 0.15) is 16.7 Å². The van der Waals surface area contributed by atoms with Gasteiger partial charge in [-0.25, -0.2) is 5.01 Å². The van der Waals surface area contributed by atoms with E-state index in [2.05, 4.69) is 5.43 Å². The molecular weight excluding hydrogens is 292 g/mol. The molecule has 0 radical (unpaired) electrons. The van der Waals surface area contributed by atoms with Gasteiger partial charge in [0, 0.05) is 5.56 Å². The van der Waals surface area contributed by atoms with Crippen LogP contribution >= 0.6 is 0 Å². The average Bonchev–Trinajstić information content (AvgIpc) is 2.80.